The van der Waals surface area contributed by atoms with E-state index in [1.54, 1.807) is 38.1 Å². The van der Waals surface area contributed by atoms with Crippen LogP contribution in [0.2, 0.25) is 0 Å². The number of benzene rings is 2. The van der Waals surface area contributed by atoms with E-state index in [9.17, 15) is 14.4 Å². The summed E-state index contributed by atoms with van der Waals surface area (Å²) in [5, 5.41) is 1.22. The summed E-state index contributed by atoms with van der Waals surface area (Å²) in [6.07, 6.45) is 1.16. The minimum atomic E-state index is -0.618. The maximum atomic E-state index is 12.9. The molecular formula is C22H22O6. The average Bonchev–Trinajstić information content (AvgIpc) is 2.68. The fraction of sp³-hybridized carbons (Fsp3) is 0.318. The van der Waals surface area contributed by atoms with Crippen LogP contribution in [0.15, 0.2) is 39.5 Å². The third kappa shape index (κ3) is 3.38. The molecule has 0 spiro atoms. The summed E-state index contributed by atoms with van der Waals surface area (Å²) in [7, 11) is 0. The van der Waals surface area contributed by atoms with Crippen molar-refractivity contribution in [3.63, 3.8) is 0 Å². The van der Waals surface area contributed by atoms with Crippen LogP contribution in [0, 0.1) is 0 Å². The maximum Gasteiger partial charge on any atom is 0.344 e. The summed E-state index contributed by atoms with van der Waals surface area (Å²) in [5.74, 6) is -1.15. The zero-order valence-electron chi connectivity index (χ0n) is 16.2. The Balaban J connectivity index is 2.54. The van der Waals surface area contributed by atoms with E-state index < -0.39 is 17.6 Å². The van der Waals surface area contributed by atoms with Crippen molar-refractivity contribution in [2.24, 2.45) is 0 Å². The first-order chi connectivity index (χ1) is 13.5. The van der Waals surface area contributed by atoms with Gasteiger partial charge in [-0.1, -0.05) is 31.5 Å². The van der Waals surface area contributed by atoms with Gasteiger partial charge in [-0.15, -0.1) is 0 Å². The van der Waals surface area contributed by atoms with Crippen LogP contribution >= 0.6 is 0 Å². The van der Waals surface area contributed by atoms with Crippen LogP contribution in [0.4, 0.5) is 0 Å². The van der Waals surface area contributed by atoms with Gasteiger partial charge in [0.25, 0.3) is 0 Å². The Morgan fingerprint density at radius 1 is 0.964 bits per heavy atom. The van der Waals surface area contributed by atoms with Crippen molar-refractivity contribution in [2.45, 2.75) is 33.6 Å². The molecule has 0 unspecified atom stereocenters. The molecule has 6 heteroatoms. The van der Waals surface area contributed by atoms with Crippen molar-refractivity contribution in [1.29, 1.82) is 0 Å². The minimum absolute atomic E-state index is 0.157. The molecule has 0 radical (unpaired) electrons. The number of rotatable bonds is 6. The van der Waals surface area contributed by atoms with Gasteiger partial charge in [-0.05, 0) is 38.0 Å². The van der Waals surface area contributed by atoms with Gasteiger partial charge in [0.05, 0.1) is 29.7 Å². The molecule has 1 heterocycles. The maximum absolute atomic E-state index is 12.9. The fourth-order valence-electron chi connectivity index (χ4n) is 3.41. The lowest BCUT2D eigenvalue weighted by Gasteiger charge is -2.16. The lowest BCUT2D eigenvalue weighted by molar-refractivity contribution is 0.0524. The summed E-state index contributed by atoms with van der Waals surface area (Å²) >= 11 is 0. The predicted octanol–water partition coefficient (Wildman–Crippen LogP) is 4.25. The van der Waals surface area contributed by atoms with Crippen molar-refractivity contribution in [1.82, 2.24) is 0 Å². The second kappa shape index (κ2) is 8.25. The summed E-state index contributed by atoms with van der Waals surface area (Å²) in [4.78, 5) is 38.2. The van der Waals surface area contributed by atoms with Crippen molar-refractivity contribution in [3.05, 3.63) is 57.4 Å². The van der Waals surface area contributed by atoms with Crippen molar-refractivity contribution in [2.75, 3.05) is 13.2 Å². The van der Waals surface area contributed by atoms with Gasteiger partial charge < -0.3 is 13.9 Å². The third-order valence-electron chi connectivity index (χ3n) is 4.49. The molecule has 28 heavy (non-hydrogen) atoms. The molecule has 0 saturated heterocycles. The first-order valence-corrected chi connectivity index (χ1v) is 9.39. The smallest absolute Gasteiger partial charge is 0.344 e. The molecule has 3 rings (SSSR count). The van der Waals surface area contributed by atoms with E-state index >= 15 is 0 Å². The molecule has 146 valence electrons. The third-order valence-corrected chi connectivity index (χ3v) is 4.49. The van der Waals surface area contributed by atoms with Crippen LogP contribution in [0.1, 0.15) is 53.5 Å². The topological polar surface area (TPSA) is 82.8 Å². The largest absolute Gasteiger partial charge is 0.462 e. The molecule has 0 amide bonds. The predicted molar refractivity (Wildman–Crippen MR) is 106 cm³/mol. The van der Waals surface area contributed by atoms with Crippen LogP contribution in [-0.2, 0) is 15.9 Å². The second-order valence-electron chi connectivity index (χ2n) is 6.28. The Morgan fingerprint density at radius 2 is 1.64 bits per heavy atom. The first kappa shape index (κ1) is 19.6. The van der Waals surface area contributed by atoms with E-state index in [1.807, 2.05) is 6.92 Å². The van der Waals surface area contributed by atoms with Crippen molar-refractivity contribution >= 4 is 33.7 Å². The van der Waals surface area contributed by atoms with Gasteiger partial charge in [-0.25, -0.2) is 14.4 Å². The molecule has 2 aromatic carbocycles. The first-order valence-electron chi connectivity index (χ1n) is 9.39. The molecule has 6 nitrogen and oxygen atoms in total. The van der Waals surface area contributed by atoms with Crippen LogP contribution in [0.3, 0.4) is 0 Å². The number of esters is 2. The summed E-state index contributed by atoms with van der Waals surface area (Å²) in [6.45, 7) is 5.72. The molecule has 0 aliphatic rings. The minimum Gasteiger partial charge on any atom is -0.462 e. The van der Waals surface area contributed by atoms with Crippen LogP contribution < -0.4 is 5.63 Å². The molecule has 1 aromatic heterocycles. The highest BCUT2D eigenvalue weighted by Gasteiger charge is 2.26. The van der Waals surface area contributed by atoms with Gasteiger partial charge in [-0.3, -0.25) is 0 Å². The summed E-state index contributed by atoms with van der Waals surface area (Å²) in [5.41, 5.74) is 0.711. The van der Waals surface area contributed by atoms with Gasteiger partial charge in [0, 0.05) is 10.8 Å². The molecule has 0 aliphatic heterocycles. The Bertz CT molecular complexity index is 1110. The number of hydrogen-bond acceptors (Lipinski definition) is 6. The van der Waals surface area contributed by atoms with Gasteiger partial charge >= 0.3 is 17.6 Å². The van der Waals surface area contributed by atoms with Gasteiger partial charge in [0.15, 0.2) is 0 Å². The molecule has 0 atom stereocenters. The number of para-hydroxylation sites is 1. The molecule has 0 bridgehead atoms. The van der Waals surface area contributed by atoms with Crippen molar-refractivity contribution < 1.29 is 23.5 Å². The quantitative estimate of drug-likeness (QED) is 0.360. The Morgan fingerprint density at radius 3 is 2.32 bits per heavy atom. The van der Waals surface area contributed by atoms with E-state index in [0.717, 1.165) is 0 Å². The molecule has 3 aromatic rings. The van der Waals surface area contributed by atoms with Gasteiger partial charge in [0.1, 0.15) is 5.58 Å². The zero-order chi connectivity index (χ0) is 20.3. The number of ether oxygens (including phenoxy) is 2. The highest BCUT2D eigenvalue weighted by atomic mass is 16.5. The van der Waals surface area contributed by atoms with E-state index in [0.29, 0.717) is 34.8 Å². The number of fused-ring (bicyclic) bond motifs is 3. The highest BCUT2D eigenvalue weighted by Crippen LogP contribution is 2.32. The van der Waals surface area contributed by atoms with Crippen LogP contribution in [0.25, 0.3) is 21.7 Å². The Hall–Kier alpha value is -3.15. The fourth-order valence-corrected chi connectivity index (χ4v) is 3.41. The summed E-state index contributed by atoms with van der Waals surface area (Å²) in [6, 6.07) is 8.48. The van der Waals surface area contributed by atoms with Gasteiger partial charge in [-0.2, -0.15) is 0 Å². The second-order valence-corrected chi connectivity index (χ2v) is 6.28. The lowest BCUT2D eigenvalue weighted by Crippen LogP contribution is -2.17. The normalized spacial score (nSPS) is 11.0. The van der Waals surface area contributed by atoms with E-state index in [4.69, 9.17) is 13.9 Å². The molecule has 0 saturated carbocycles. The molecule has 0 N–H and O–H groups in total. The van der Waals surface area contributed by atoms with E-state index in [1.165, 1.54) is 6.07 Å². The van der Waals surface area contributed by atoms with E-state index in [2.05, 4.69) is 0 Å². The zero-order valence-corrected chi connectivity index (χ0v) is 16.2. The monoisotopic (exact) mass is 382 g/mol. The average molecular weight is 382 g/mol. The van der Waals surface area contributed by atoms with Gasteiger partial charge in [0.2, 0.25) is 0 Å². The number of carbonyl (C=O) groups excluding carboxylic acids is 2. The van der Waals surface area contributed by atoms with Crippen LogP contribution in [0.5, 0.6) is 0 Å². The van der Waals surface area contributed by atoms with Crippen LogP contribution in [-0.4, -0.2) is 25.2 Å². The Kier molecular flexibility index (Phi) is 5.78. The standard InChI is InChI=1S/C22H22O6/c1-4-9-13-15(20(23)26-5-2)12-16-18(19(13)22(25)27-6-3)14-10-7-8-11-17(14)28-21(16)24/h7-8,10-12H,4-6,9H2,1-3H3. The summed E-state index contributed by atoms with van der Waals surface area (Å²) < 4.78 is 15.8. The Labute approximate surface area is 162 Å². The van der Waals surface area contributed by atoms with Crippen molar-refractivity contribution in [3.8, 4) is 0 Å². The lowest BCUT2D eigenvalue weighted by atomic mass is 9.90. The molecule has 0 aliphatic carbocycles. The highest BCUT2D eigenvalue weighted by molar-refractivity contribution is 6.17. The molecule has 0 fully saturated rings. The number of carbonyl (C=O) groups is 2. The SMILES string of the molecule is CCCc1c(C(=O)OCC)cc2c(=O)oc3ccccc3c2c1C(=O)OCC. The number of hydrogen-bond donors (Lipinski definition) is 0. The molecular weight excluding hydrogens is 360 g/mol. The van der Waals surface area contributed by atoms with E-state index in [-0.39, 0.29) is 29.7 Å².